The van der Waals surface area contributed by atoms with Crippen molar-refractivity contribution in [2.75, 3.05) is 6.54 Å². The molecule has 2 rings (SSSR count). The molecule has 1 N–H and O–H groups in total. The molecule has 2 aromatic rings. The van der Waals surface area contributed by atoms with E-state index in [1.54, 1.807) is 0 Å². The molecule has 1 atom stereocenters. The highest BCUT2D eigenvalue weighted by atomic mass is 79.9. The van der Waals surface area contributed by atoms with E-state index in [0.29, 0.717) is 0 Å². The Hall–Kier alpha value is -1.20. The zero-order valence-electron chi connectivity index (χ0n) is 12.4. The number of nitrogens with one attached hydrogen (secondary N) is 1. The van der Waals surface area contributed by atoms with E-state index >= 15 is 0 Å². The zero-order valence-corrected chi connectivity index (χ0v) is 14.0. The standard InChI is InChI=1S/C15H21BrN4/c1-5-17-14(13-11(4)7-10(3)8-18-13)15-12(16)9-19-20(15)6-2/h7-9,14,17H,5-6H2,1-4H3. The minimum atomic E-state index is 0.0532. The van der Waals surface area contributed by atoms with Crippen molar-refractivity contribution in [1.82, 2.24) is 20.1 Å². The van der Waals surface area contributed by atoms with Crippen molar-refractivity contribution in [2.24, 2.45) is 0 Å². The first-order valence-electron chi connectivity index (χ1n) is 6.96. The maximum absolute atomic E-state index is 4.64. The van der Waals surface area contributed by atoms with Crippen LogP contribution in [0.2, 0.25) is 0 Å². The normalized spacial score (nSPS) is 12.7. The molecule has 1 unspecified atom stereocenters. The summed E-state index contributed by atoms with van der Waals surface area (Å²) in [5.74, 6) is 0. The predicted octanol–water partition coefficient (Wildman–Crippen LogP) is 3.38. The average Bonchev–Trinajstić information content (AvgIpc) is 2.78. The van der Waals surface area contributed by atoms with Crippen molar-refractivity contribution in [3.63, 3.8) is 0 Å². The van der Waals surface area contributed by atoms with Crippen LogP contribution in [-0.2, 0) is 6.54 Å². The number of halogens is 1. The lowest BCUT2D eigenvalue weighted by molar-refractivity contribution is 0.531. The molecular weight excluding hydrogens is 316 g/mol. The van der Waals surface area contributed by atoms with E-state index in [4.69, 9.17) is 0 Å². The summed E-state index contributed by atoms with van der Waals surface area (Å²) in [7, 11) is 0. The van der Waals surface area contributed by atoms with Crippen LogP contribution in [0.1, 0.15) is 42.4 Å². The summed E-state index contributed by atoms with van der Waals surface area (Å²) in [6.07, 6.45) is 3.78. The van der Waals surface area contributed by atoms with Gasteiger partial charge >= 0.3 is 0 Å². The monoisotopic (exact) mass is 336 g/mol. The van der Waals surface area contributed by atoms with Crippen LogP contribution in [0.5, 0.6) is 0 Å². The molecule has 0 aromatic carbocycles. The third-order valence-corrected chi connectivity index (χ3v) is 3.95. The average molecular weight is 337 g/mol. The SMILES string of the molecule is CCNC(c1ncc(C)cc1C)c1c(Br)cnn1CC. The molecule has 0 aliphatic rings. The van der Waals surface area contributed by atoms with E-state index in [1.807, 2.05) is 17.1 Å². The van der Waals surface area contributed by atoms with Crippen molar-refractivity contribution >= 4 is 15.9 Å². The van der Waals surface area contributed by atoms with E-state index in [-0.39, 0.29) is 6.04 Å². The van der Waals surface area contributed by atoms with Gasteiger partial charge in [0.25, 0.3) is 0 Å². The van der Waals surface area contributed by atoms with Crippen LogP contribution in [0.3, 0.4) is 0 Å². The molecule has 4 nitrogen and oxygen atoms in total. The summed E-state index contributed by atoms with van der Waals surface area (Å²) < 4.78 is 3.03. The molecule has 0 radical (unpaired) electrons. The minimum Gasteiger partial charge on any atom is -0.304 e. The molecule has 0 aliphatic carbocycles. The van der Waals surface area contributed by atoms with Crippen LogP contribution in [0.4, 0.5) is 0 Å². The summed E-state index contributed by atoms with van der Waals surface area (Å²) in [5.41, 5.74) is 4.58. The van der Waals surface area contributed by atoms with Gasteiger partial charge in [-0.1, -0.05) is 13.0 Å². The van der Waals surface area contributed by atoms with Crippen molar-refractivity contribution in [3.8, 4) is 0 Å². The Morgan fingerprint density at radius 3 is 2.65 bits per heavy atom. The second kappa shape index (κ2) is 6.50. The zero-order chi connectivity index (χ0) is 14.7. The van der Waals surface area contributed by atoms with Crippen molar-refractivity contribution < 1.29 is 0 Å². The van der Waals surface area contributed by atoms with Gasteiger partial charge < -0.3 is 5.32 Å². The fourth-order valence-electron chi connectivity index (χ4n) is 2.47. The Labute approximate surface area is 128 Å². The highest BCUT2D eigenvalue weighted by molar-refractivity contribution is 9.10. The van der Waals surface area contributed by atoms with Gasteiger partial charge in [-0.15, -0.1) is 0 Å². The number of aromatic nitrogens is 3. The molecule has 20 heavy (non-hydrogen) atoms. The maximum atomic E-state index is 4.64. The Kier molecular flexibility index (Phi) is 4.94. The Morgan fingerprint density at radius 2 is 2.05 bits per heavy atom. The lowest BCUT2D eigenvalue weighted by Crippen LogP contribution is -2.26. The molecule has 5 heteroatoms. The Balaban J connectivity index is 2.53. The van der Waals surface area contributed by atoms with Gasteiger partial charge in [0.2, 0.25) is 0 Å². The number of hydrogen-bond acceptors (Lipinski definition) is 3. The molecule has 2 aromatic heterocycles. The largest absolute Gasteiger partial charge is 0.304 e. The van der Waals surface area contributed by atoms with Crippen molar-refractivity contribution in [3.05, 3.63) is 45.4 Å². The summed E-state index contributed by atoms with van der Waals surface area (Å²) in [6.45, 7) is 10.1. The third-order valence-electron chi connectivity index (χ3n) is 3.34. The van der Waals surface area contributed by atoms with E-state index < -0.39 is 0 Å². The number of hydrogen-bond donors (Lipinski definition) is 1. The minimum absolute atomic E-state index is 0.0532. The molecule has 0 fully saturated rings. The summed E-state index contributed by atoms with van der Waals surface area (Å²) >= 11 is 3.61. The van der Waals surface area contributed by atoms with Crippen LogP contribution < -0.4 is 5.32 Å². The second-order valence-corrected chi connectivity index (χ2v) is 5.75. The summed E-state index contributed by atoms with van der Waals surface area (Å²) in [6, 6.07) is 2.23. The lowest BCUT2D eigenvalue weighted by atomic mass is 10.0. The van der Waals surface area contributed by atoms with Crippen LogP contribution in [0, 0.1) is 13.8 Å². The molecule has 0 spiro atoms. The van der Waals surface area contributed by atoms with Gasteiger partial charge in [-0.3, -0.25) is 9.67 Å². The highest BCUT2D eigenvalue weighted by Gasteiger charge is 2.23. The smallest absolute Gasteiger partial charge is 0.0936 e. The number of nitrogens with zero attached hydrogens (tertiary/aromatic N) is 3. The summed E-state index contributed by atoms with van der Waals surface area (Å²) in [4.78, 5) is 4.64. The van der Waals surface area contributed by atoms with Crippen LogP contribution in [0.25, 0.3) is 0 Å². The molecule has 108 valence electrons. The summed E-state index contributed by atoms with van der Waals surface area (Å²) in [5, 5.41) is 7.94. The van der Waals surface area contributed by atoms with Gasteiger partial charge in [-0.05, 0) is 54.4 Å². The lowest BCUT2D eigenvalue weighted by Gasteiger charge is -2.21. The van der Waals surface area contributed by atoms with Crippen LogP contribution >= 0.6 is 15.9 Å². The fraction of sp³-hybridized carbons (Fsp3) is 0.467. The fourth-order valence-corrected chi connectivity index (χ4v) is 2.99. The Bertz CT molecular complexity index is 592. The molecule has 0 saturated carbocycles. The van der Waals surface area contributed by atoms with Crippen molar-refractivity contribution in [2.45, 2.75) is 40.3 Å². The van der Waals surface area contributed by atoms with Gasteiger partial charge in [-0.2, -0.15) is 5.10 Å². The number of pyridine rings is 1. The quantitative estimate of drug-likeness (QED) is 0.910. The molecule has 0 amide bonds. The third kappa shape index (κ3) is 2.94. The topological polar surface area (TPSA) is 42.7 Å². The number of aryl methyl sites for hydroxylation is 3. The van der Waals surface area contributed by atoms with E-state index in [0.717, 1.165) is 29.0 Å². The van der Waals surface area contributed by atoms with Gasteiger partial charge in [0, 0.05) is 12.7 Å². The molecule has 0 saturated heterocycles. The van der Waals surface area contributed by atoms with E-state index in [2.05, 4.69) is 65.1 Å². The van der Waals surface area contributed by atoms with Crippen LogP contribution in [0.15, 0.2) is 22.9 Å². The highest BCUT2D eigenvalue weighted by Crippen LogP contribution is 2.29. The molecule has 2 heterocycles. The first kappa shape index (κ1) is 15.2. The van der Waals surface area contributed by atoms with Gasteiger partial charge in [0.1, 0.15) is 0 Å². The molecule has 0 aliphatic heterocycles. The van der Waals surface area contributed by atoms with Crippen LogP contribution in [-0.4, -0.2) is 21.3 Å². The van der Waals surface area contributed by atoms with Crippen molar-refractivity contribution in [1.29, 1.82) is 0 Å². The maximum Gasteiger partial charge on any atom is 0.0936 e. The van der Waals surface area contributed by atoms with E-state index in [9.17, 15) is 0 Å². The first-order chi connectivity index (χ1) is 9.58. The van der Waals surface area contributed by atoms with E-state index in [1.165, 1.54) is 11.1 Å². The molecule has 0 bridgehead atoms. The predicted molar refractivity (Wildman–Crippen MR) is 84.8 cm³/mol. The van der Waals surface area contributed by atoms with Gasteiger partial charge in [0.15, 0.2) is 0 Å². The van der Waals surface area contributed by atoms with Gasteiger partial charge in [-0.25, -0.2) is 0 Å². The number of rotatable bonds is 5. The first-order valence-corrected chi connectivity index (χ1v) is 7.75. The second-order valence-electron chi connectivity index (χ2n) is 4.90. The Morgan fingerprint density at radius 1 is 1.30 bits per heavy atom. The van der Waals surface area contributed by atoms with Gasteiger partial charge in [0.05, 0.1) is 28.1 Å². The molecular formula is C15H21BrN4.